The van der Waals surface area contributed by atoms with Crippen molar-refractivity contribution in [3.8, 4) is 0 Å². The van der Waals surface area contributed by atoms with Crippen LogP contribution < -0.4 is 4.90 Å². The van der Waals surface area contributed by atoms with Gasteiger partial charge in [0.2, 0.25) is 5.76 Å². The zero-order valence-corrected chi connectivity index (χ0v) is 14.8. The summed E-state index contributed by atoms with van der Waals surface area (Å²) in [5.41, 5.74) is 3.34. The third-order valence-electron chi connectivity index (χ3n) is 4.68. The summed E-state index contributed by atoms with van der Waals surface area (Å²) in [6.07, 6.45) is 0. The van der Waals surface area contributed by atoms with E-state index in [9.17, 15) is 4.79 Å². The number of hydrogen-bond acceptors (Lipinski definition) is 4. The predicted molar refractivity (Wildman–Crippen MR) is 94.5 cm³/mol. The number of carbonyl (C=O) groups excluding carboxylic acids is 1. The van der Waals surface area contributed by atoms with Gasteiger partial charge in [0.1, 0.15) is 0 Å². The van der Waals surface area contributed by atoms with Gasteiger partial charge in [-0.2, -0.15) is 0 Å². The first-order valence-corrected chi connectivity index (χ1v) is 8.55. The summed E-state index contributed by atoms with van der Waals surface area (Å²) < 4.78 is 5.27. The number of aromatic nitrogens is 1. The highest BCUT2D eigenvalue weighted by Gasteiger charge is 2.30. The molecule has 1 aliphatic rings. The van der Waals surface area contributed by atoms with E-state index in [-0.39, 0.29) is 17.9 Å². The minimum absolute atomic E-state index is 0.0636. The second-order valence-corrected chi connectivity index (χ2v) is 6.85. The highest BCUT2D eigenvalue weighted by Crippen LogP contribution is 2.24. The Hall–Kier alpha value is -2.30. The van der Waals surface area contributed by atoms with E-state index >= 15 is 0 Å². The van der Waals surface area contributed by atoms with Gasteiger partial charge in [-0.3, -0.25) is 4.79 Å². The Morgan fingerprint density at radius 3 is 2.67 bits per heavy atom. The highest BCUT2D eigenvalue weighted by molar-refractivity contribution is 5.92. The van der Waals surface area contributed by atoms with Crippen LogP contribution in [0.1, 0.15) is 48.5 Å². The van der Waals surface area contributed by atoms with Crippen LogP contribution in [0.3, 0.4) is 0 Å². The molecule has 1 saturated heterocycles. The molecule has 5 nitrogen and oxygen atoms in total. The summed E-state index contributed by atoms with van der Waals surface area (Å²) in [5, 5.41) is 4.00. The van der Waals surface area contributed by atoms with Gasteiger partial charge in [0, 0.05) is 37.4 Å². The maximum atomic E-state index is 12.7. The van der Waals surface area contributed by atoms with Crippen molar-refractivity contribution in [2.45, 2.75) is 39.7 Å². The molecule has 0 radical (unpaired) electrons. The molecule has 2 heterocycles. The number of rotatable bonds is 3. The number of anilines is 1. The summed E-state index contributed by atoms with van der Waals surface area (Å²) in [5.74, 6) is 0.534. The van der Waals surface area contributed by atoms with Gasteiger partial charge < -0.3 is 14.3 Å². The number of benzene rings is 1. The molecular formula is C19H25N3O2. The van der Waals surface area contributed by atoms with E-state index in [1.807, 2.05) is 18.7 Å². The summed E-state index contributed by atoms with van der Waals surface area (Å²) in [6.45, 7) is 10.6. The number of hydrogen-bond donors (Lipinski definition) is 0. The number of nitrogens with zero attached hydrogens (tertiary/aromatic N) is 3. The second-order valence-electron chi connectivity index (χ2n) is 6.85. The van der Waals surface area contributed by atoms with E-state index in [1.54, 1.807) is 6.07 Å². The Morgan fingerprint density at radius 1 is 1.29 bits per heavy atom. The molecule has 128 valence electrons. The maximum Gasteiger partial charge on any atom is 0.292 e. The first-order valence-electron chi connectivity index (χ1n) is 8.55. The monoisotopic (exact) mass is 327 g/mol. The number of carbonyl (C=O) groups is 1. The quantitative estimate of drug-likeness (QED) is 0.866. The largest absolute Gasteiger partial charge is 0.367 e. The van der Waals surface area contributed by atoms with E-state index in [2.05, 4.69) is 48.2 Å². The van der Waals surface area contributed by atoms with Crippen molar-refractivity contribution in [3.63, 3.8) is 0 Å². The second kappa shape index (κ2) is 6.67. The summed E-state index contributed by atoms with van der Waals surface area (Å²) in [6, 6.07) is 10.3. The van der Waals surface area contributed by atoms with Gasteiger partial charge in [-0.25, -0.2) is 0 Å². The van der Waals surface area contributed by atoms with E-state index in [0.717, 1.165) is 18.8 Å². The van der Waals surface area contributed by atoms with Crippen molar-refractivity contribution >= 4 is 11.6 Å². The molecule has 0 bridgehead atoms. The van der Waals surface area contributed by atoms with Crippen LogP contribution in [0.2, 0.25) is 0 Å². The zero-order valence-electron chi connectivity index (χ0n) is 14.8. The molecule has 1 aromatic carbocycles. The lowest BCUT2D eigenvalue weighted by Gasteiger charge is -2.41. The van der Waals surface area contributed by atoms with Crippen molar-refractivity contribution < 1.29 is 9.32 Å². The average Bonchev–Trinajstić information content (AvgIpc) is 3.05. The number of piperazine rings is 1. The van der Waals surface area contributed by atoms with Crippen LogP contribution in [0.5, 0.6) is 0 Å². The van der Waals surface area contributed by atoms with Crippen molar-refractivity contribution in [1.82, 2.24) is 10.1 Å². The molecule has 1 amide bonds. The van der Waals surface area contributed by atoms with Crippen molar-refractivity contribution in [2.75, 3.05) is 24.5 Å². The Bertz CT molecular complexity index is 723. The van der Waals surface area contributed by atoms with Crippen molar-refractivity contribution in [3.05, 3.63) is 47.3 Å². The Kier molecular flexibility index (Phi) is 4.60. The number of para-hydroxylation sites is 1. The summed E-state index contributed by atoms with van der Waals surface area (Å²) in [7, 11) is 0. The van der Waals surface area contributed by atoms with Crippen LogP contribution in [0.25, 0.3) is 0 Å². The van der Waals surface area contributed by atoms with Gasteiger partial charge in [-0.15, -0.1) is 0 Å². The van der Waals surface area contributed by atoms with Gasteiger partial charge in [0.25, 0.3) is 5.91 Å². The molecule has 2 aromatic rings. The average molecular weight is 327 g/mol. The van der Waals surface area contributed by atoms with Gasteiger partial charge >= 0.3 is 0 Å². The van der Waals surface area contributed by atoms with Crippen LogP contribution in [0, 0.1) is 6.92 Å². The molecule has 1 aromatic heterocycles. The minimum atomic E-state index is -0.0636. The molecule has 3 rings (SSSR count). The molecule has 1 fully saturated rings. The fraction of sp³-hybridized carbons (Fsp3) is 0.474. The first-order chi connectivity index (χ1) is 11.5. The fourth-order valence-electron chi connectivity index (χ4n) is 3.20. The summed E-state index contributed by atoms with van der Waals surface area (Å²) >= 11 is 0. The maximum absolute atomic E-state index is 12.7. The van der Waals surface area contributed by atoms with Crippen molar-refractivity contribution in [2.24, 2.45) is 0 Å². The topological polar surface area (TPSA) is 49.6 Å². The van der Waals surface area contributed by atoms with Crippen LogP contribution >= 0.6 is 0 Å². The Labute approximate surface area is 143 Å². The molecule has 0 unspecified atom stereocenters. The number of aryl methyl sites for hydroxylation is 1. The zero-order chi connectivity index (χ0) is 17.3. The van der Waals surface area contributed by atoms with Gasteiger partial charge in [0.05, 0.1) is 5.69 Å². The third kappa shape index (κ3) is 3.16. The lowest BCUT2D eigenvalue weighted by atomic mass is 10.1. The van der Waals surface area contributed by atoms with Gasteiger partial charge in [-0.1, -0.05) is 37.2 Å². The van der Waals surface area contributed by atoms with Crippen LogP contribution in [0.4, 0.5) is 5.69 Å². The third-order valence-corrected chi connectivity index (χ3v) is 4.68. The van der Waals surface area contributed by atoms with Crippen LogP contribution in [-0.2, 0) is 0 Å². The van der Waals surface area contributed by atoms with E-state index < -0.39 is 0 Å². The highest BCUT2D eigenvalue weighted by atomic mass is 16.5. The van der Waals surface area contributed by atoms with E-state index in [1.165, 1.54) is 11.3 Å². The Balaban J connectivity index is 1.71. The lowest BCUT2D eigenvalue weighted by molar-refractivity contribution is 0.0631. The molecule has 0 saturated carbocycles. The summed E-state index contributed by atoms with van der Waals surface area (Å²) in [4.78, 5) is 17.0. The molecule has 0 spiro atoms. The molecule has 1 atom stereocenters. The first kappa shape index (κ1) is 16.6. The SMILES string of the molecule is Cc1ccccc1N1CCN(C(=O)c2cc(C(C)C)no2)[C@H](C)C1. The molecule has 5 heteroatoms. The van der Waals surface area contributed by atoms with E-state index in [4.69, 9.17) is 4.52 Å². The normalized spacial score (nSPS) is 18.3. The molecule has 0 aliphatic carbocycles. The smallest absolute Gasteiger partial charge is 0.292 e. The van der Waals surface area contributed by atoms with E-state index in [0.29, 0.717) is 12.3 Å². The van der Waals surface area contributed by atoms with Crippen LogP contribution in [-0.4, -0.2) is 41.6 Å². The molecular weight excluding hydrogens is 302 g/mol. The Morgan fingerprint density at radius 2 is 2.04 bits per heavy atom. The standard InChI is InChI=1S/C19H25N3O2/c1-13(2)16-11-18(24-20-16)19(23)22-10-9-21(12-15(22)4)17-8-6-5-7-14(17)3/h5-8,11,13,15H,9-10,12H2,1-4H3/t15-/m1/s1. The fourth-order valence-corrected chi connectivity index (χ4v) is 3.20. The lowest BCUT2D eigenvalue weighted by Crippen LogP contribution is -2.54. The predicted octanol–water partition coefficient (Wildman–Crippen LogP) is 3.46. The number of amides is 1. The van der Waals surface area contributed by atoms with Crippen LogP contribution in [0.15, 0.2) is 34.9 Å². The molecule has 24 heavy (non-hydrogen) atoms. The van der Waals surface area contributed by atoms with Gasteiger partial charge in [0.15, 0.2) is 0 Å². The minimum Gasteiger partial charge on any atom is -0.367 e. The van der Waals surface area contributed by atoms with Gasteiger partial charge in [-0.05, 0) is 31.4 Å². The molecule has 1 aliphatic heterocycles. The molecule has 0 N–H and O–H groups in total. The van der Waals surface area contributed by atoms with Crippen molar-refractivity contribution in [1.29, 1.82) is 0 Å².